The van der Waals surface area contributed by atoms with Crippen LogP contribution in [0, 0.1) is 0 Å². The molecule has 3 N–H and O–H groups in total. The first-order chi connectivity index (χ1) is 9.04. The Morgan fingerprint density at radius 1 is 1.53 bits per heavy atom. The number of hydrogen-bond donors (Lipinski definition) is 2. The van der Waals surface area contributed by atoms with E-state index >= 15 is 0 Å². The van der Waals surface area contributed by atoms with Gasteiger partial charge >= 0.3 is 0 Å². The van der Waals surface area contributed by atoms with Crippen molar-refractivity contribution in [1.82, 2.24) is 4.98 Å². The van der Waals surface area contributed by atoms with Crippen LogP contribution < -0.4 is 15.8 Å². The first-order valence-corrected chi connectivity index (χ1v) is 8.12. The number of hydrogen-bond acceptors (Lipinski definition) is 5. The van der Waals surface area contributed by atoms with Crippen LogP contribution in [0.15, 0.2) is 12.1 Å². The topological polar surface area (TPSA) is 77.2 Å². The SMILES string of the molecule is CCCOc1nc(NCCC(C)S(C)=O)ccc1N. The number of pyridine rings is 1. The summed E-state index contributed by atoms with van der Waals surface area (Å²) < 4.78 is 16.7. The Balaban J connectivity index is 2.52. The molecule has 0 saturated carbocycles. The van der Waals surface area contributed by atoms with Crippen LogP contribution in [0.25, 0.3) is 0 Å². The van der Waals surface area contributed by atoms with Gasteiger partial charge in [0.2, 0.25) is 5.88 Å². The van der Waals surface area contributed by atoms with E-state index in [0.29, 0.717) is 18.2 Å². The van der Waals surface area contributed by atoms with Gasteiger partial charge in [-0.15, -0.1) is 0 Å². The fourth-order valence-electron chi connectivity index (χ4n) is 1.43. The summed E-state index contributed by atoms with van der Waals surface area (Å²) in [7, 11) is -0.786. The van der Waals surface area contributed by atoms with Gasteiger partial charge in [0.05, 0.1) is 12.3 Å². The molecule has 108 valence electrons. The van der Waals surface area contributed by atoms with Gasteiger partial charge in [-0.1, -0.05) is 13.8 Å². The van der Waals surface area contributed by atoms with Gasteiger partial charge in [-0.3, -0.25) is 4.21 Å². The number of nitrogen functional groups attached to an aromatic ring is 1. The third kappa shape index (κ3) is 5.46. The summed E-state index contributed by atoms with van der Waals surface area (Å²) in [5, 5.41) is 3.37. The molecule has 2 unspecified atom stereocenters. The largest absolute Gasteiger partial charge is 0.476 e. The third-order valence-corrected chi connectivity index (χ3v) is 4.13. The van der Waals surface area contributed by atoms with E-state index in [1.807, 2.05) is 19.9 Å². The van der Waals surface area contributed by atoms with Crippen molar-refractivity contribution in [1.29, 1.82) is 0 Å². The number of nitrogens with two attached hydrogens (primary N) is 1. The lowest BCUT2D eigenvalue weighted by Gasteiger charge is -2.12. The van der Waals surface area contributed by atoms with Crippen molar-refractivity contribution in [3.05, 3.63) is 12.1 Å². The average molecular weight is 285 g/mol. The molecule has 0 saturated heterocycles. The molecule has 19 heavy (non-hydrogen) atoms. The predicted octanol–water partition coefficient (Wildman–Crippen LogP) is 2.02. The summed E-state index contributed by atoms with van der Waals surface area (Å²) in [5.41, 5.74) is 6.33. The summed E-state index contributed by atoms with van der Waals surface area (Å²) in [6.07, 6.45) is 3.47. The lowest BCUT2D eigenvalue weighted by Crippen LogP contribution is -2.15. The highest BCUT2D eigenvalue weighted by Crippen LogP contribution is 2.21. The molecular weight excluding hydrogens is 262 g/mol. The molecule has 0 bridgehead atoms. The Kier molecular flexibility index (Phi) is 6.62. The van der Waals surface area contributed by atoms with Crippen LogP contribution in [0.1, 0.15) is 26.7 Å². The van der Waals surface area contributed by atoms with Crippen molar-refractivity contribution in [2.45, 2.75) is 31.9 Å². The predicted molar refractivity (Wildman–Crippen MR) is 81.1 cm³/mol. The zero-order valence-corrected chi connectivity index (χ0v) is 12.6. The second-order valence-electron chi connectivity index (χ2n) is 4.46. The summed E-state index contributed by atoms with van der Waals surface area (Å²) >= 11 is 0. The van der Waals surface area contributed by atoms with E-state index in [1.54, 1.807) is 12.3 Å². The Morgan fingerprint density at radius 3 is 2.89 bits per heavy atom. The number of nitrogens with one attached hydrogen (secondary N) is 1. The lowest BCUT2D eigenvalue weighted by atomic mass is 10.3. The van der Waals surface area contributed by atoms with Gasteiger partial charge in [-0.2, -0.15) is 4.98 Å². The molecular formula is C13H23N3O2S. The van der Waals surface area contributed by atoms with Crippen LogP contribution in [0.4, 0.5) is 11.5 Å². The van der Waals surface area contributed by atoms with Crippen molar-refractivity contribution < 1.29 is 8.95 Å². The number of rotatable bonds is 8. The summed E-state index contributed by atoms with van der Waals surface area (Å²) in [4.78, 5) is 4.32. The molecule has 5 nitrogen and oxygen atoms in total. The summed E-state index contributed by atoms with van der Waals surface area (Å²) in [6, 6.07) is 3.60. The van der Waals surface area contributed by atoms with Crippen LogP contribution in [0.2, 0.25) is 0 Å². The Labute approximate surface area is 117 Å². The van der Waals surface area contributed by atoms with Crippen molar-refractivity contribution in [2.75, 3.05) is 30.5 Å². The zero-order valence-electron chi connectivity index (χ0n) is 11.8. The molecule has 0 aromatic carbocycles. The smallest absolute Gasteiger partial charge is 0.239 e. The van der Waals surface area contributed by atoms with Crippen molar-refractivity contribution in [3.63, 3.8) is 0 Å². The fourth-order valence-corrected chi connectivity index (χ4v) is 1.88. The van der Waals surface area contributed by atoms with Gasteiger partial charge in [0.1, 0.15) is 5.82 Å². The monoisotopic (exact) mass is 285 g/mol. The van der Waals surface area contributed by atoms with Crippen LogP contribution >= 0.6 is 0 Å². The molecule has 2 atom stereocenters. The molecule has 6 heteroatoms. The second-order valence-corrected chi connectivity index (χ2v) is 6.27. The van der Waals surface area contributed by atoms with Crippen molar-refractivity contribution in [2.24, 2.45) is 0 Å². The van der Waals surface area contributed by atoms with Gasteiger partial charge in [-0.25, -0.2) is 0 Å². The van der Waals surface area contributed by atoms with E-state index in [1.165, 1.54) is 0 Å². The second kappa shape index (κ2) is 7.99. The number of aromatic nitrogens is 1. The quantitative estimate of drug-likeness (QED) is 0.764. The minimum Gasteiger partial charge on any atom is -0.476 e. The molecule has 1 rings (SSSR count). The van der Waals surface area contributed by atoms with Crippen LogP contribution in [0.5, 0.6) is 5.88 Å². The number of anilines is 2. The van der Waals surface area contributed by atoms with E-state index in [-0.39, 0.29) is 5.25 Å². The van der Waals surface area contributed by atoms with E-state index < -0.39 is 10.8 Å². The molecule has 0 aliphatic heterocycles. The summed E-state index contributed by atoms with van der Waals surface area (Å²) in [5.74, 6) is 1.20. The maximum absolute atomic E-state index is 11.2. The van der Waals surface area contributed by atoms with Gasteiger partial charge < -0.3 is 15.8 Å². The molecule has 1 aromatic heterocycles. The molecule has 0 aliphatic rings. The van der Waals surface area contributed by atoms with Gasteiger partial charge in [0.25, 0.3) is 0 Å². The van der Waals surface area contributed by atoms with Crippen LogP contribution in [0.3, 0.4) is 0 Å². The lowest BCUT2D eigenvalue weighted by molar-refractivity contribution is 0.307. The Bertz CT molecular complexity index is 426. The maximum Gasteiger partial charge on any atom is 0.239 e. The number of nitrogens with zero attached hydrogens (tertiary/aromatic N) is 1. The highest BCUT2D eigenvalue weighted by atomic mass is 32.2. The Morgan fingerprint density at radius 2 is 2.26 bits per heavy atom. The van der Waals surface area contributed by atoms with E-state index in [9.17, 15) is 4.21 Å². The average Bonchev–Trinajstić information content (AvgIpc) is 2.38. The van der Waals surface area contributed by atoms with E-state index in [4.69, 9.17) is 10.5 Å². The first kappa shape index (κ1) is 15.8. The van der Waals surface area contributed by atoms with Crippen LogP contribution in [-0.2, 0) is 10.8 Å². The maximum atomic E-state index is 11.2. The highest BCUT2D eigenvalue weighted by Gasteiger charge is 2.07. The molecule has 0 spiro atoms. The fraction of sp³-hybridized carbons (Fsp3) is 0.615. The normalized spacial score (nSPS) is 13.8. The van der Waals surface area contributed by atoms with Crippen LogP contribution in [-0.4, -0.2) is 33.9 Å². The molecule has 0 fully saturated rings. The van der Waals surface area contributed by atoms with Crippen molar-refractivity contribution >= 4 is 22.3 Å². The number of ether oxygens (including phenoxy) is 1. The third-order valence-electron chi connectivity index (χ3n) is 2.76. The van der Waals surface area contributed by atoms with Gasteiger partial charge in [0, 0.05) is 28.9 Å². The zero-order chi connectivity index (χ0) is 14.3. The highest BCUT2D eigenvalue weighted by molar-refractivity contribution is 7.84. The standard InChI is InChI=1S/C13H23N3O2S/c1-4-9-18-13-11(14)5-6-12(16-13)15-8-7-10(2)19(3)17/h5-6,10H,4,7-9,14H2,1-3H3,(H,15,16). The van der Waals surface area contributed by atoms with E-state index in [2.05, 4.69) is 10.3 Å². The first-order valence-electron chi connectivity index (χ1n) is 6.50. The van der Waals surface area contributed by atoms with Gasteiger partial charge in [-0.05, 0) is 25.0 Å². The minimum atomic E-state index is -0.786. The molecule has 1 aromatic rings. The van der Waals surface area contributed by atoms with E-state index in [0.717, 1.165) is 25.2 Å². The van der Waals surface area contributed by atoms with Gasteiger partial charge in [0.15, 0.2) is 0 Å². The molecule has 1 heterocycles. The Hall–Kier alpha value is -1.30. The molecule has 0 radical (unpaired) electrons. The van der Waals surface area contributed by atoms with Crippen molar-refractivity contribution in [3.8, 4) is 5.88 Å². The minimum absolute atomic E-state index is 0.178. The molecule has 0 aliphatic carbocycles. The molecule has 0 amide bonds. The summed E-state index contributed by atoms with van der Waals surface area (Å²) in [6.45, 7) is 5.34.